The molecule has 148 valence electrons. The Hall–Kier alpha value is -3.14. The average Bonchev–Trinajstić information content (AvgIpc) is 2.58. The molecule has 8 N–H and O–H groups in total. The summed E-state index contributed by atoms with van der Waals surface area (Å²) in [6.07, 6.45) is -0.345. The molecule has 0 saturated carbocycles. The molecular formula is C17H24N4O6. The molecule has 0 radical (unpaired) electrons. The number of rotatable bonds is 10. The van der Waals surface area contributed by atoms with Crippen molar-refractivity contribution in [3.8, 4) is 5.75 Å². The van der Waals surface area contributed by atoms with Gasteiger partial charge in [0.25, 0.3) is 0 Å². The molecule has 0 heterocycles. The molecule has 0 bridgehead atoms. The fourth-order valence-electron chi connectivity index (χ4n) is 2.20. The summed E-state index contributed by atoms with van der Waals surface area (Å²) in [6, 6.07) is 2.67. The monoisotopic (exact) mass is 380 g/mol. The van der Waals surface area contributed by atoms with Crippen LogP contribution in [-0.2, 0) is 25.6 Å². The van der Waals surface area contributed by atoms with Gasteiger partial charge in [0.2, 0.25) is 17.7 Å². The number of nitrogens with two attached hydrogens (primary N) is 2. The van der Waals surface area contributed by atoms with Gasteiger partial charge in [-0.15, -0.1) is 0 Å². The molecule has 0 saturated heterocycles. The largest absolute Gasteiger partial charge is 0.508 e. The second-order valence-electron chi connectivity index (χ2n) is 6.12. The summed E-state index contributed by atoms with van der Waals surface area (Å²) in [6.45, 7) is 1.44. The van der Waals surface area contributed by atoms with Crippen LogP contribution in [0.2, 0.25) is 0 Å². The van der Waals surface area contributed by atoms with Crippen LogP contribution in [0.15, 0.2) is 24.3 Å². The number of hydrogen-bond acceptors (Lipinski definition) is 6. The van der Waals surface area contributed by atoms with Crippen molar-refractivity contribution in [3.05, 3.63) is 29.8 Å². The number of nitrogens with one attached hydrogen (secondary N) is 2. The smallest absolute Gasteiger partial charge is 0.326 e. The predicted octanol–water partition coefficient (Wildman–Crippen LogP) is -1.40. The number of hydrogen-bond donors (Lipinski definition) is 6. The third-order valence-electron chi connectivity index (χ3n) is 3.72. The van der Waals surface area contributed by atoms with Gasteiger partial charge in [-0.3, -0.25) is 14.4 Å². The van der Waals surface area contributed by atoms with Crippen LogP contribution in [-0.4, -0.2) is 52.0 Å². The quantitative estimate of drug-likeness (QED) is 0.288. The number of primary amides is 1. The Balaban J connectivity index is 2.92. The lowest BCUT2D eigenvalue weighted by molar-refractivity contribution is -0.142. The number of carboxylic acids is 1. The molecule has 10 heteroatoms. The highest BCUT2D eigenvalue weighted by atomic mass is 16.4. The Labute approximate surface area is 155 Å². The topological polar surface area (TPSA) is 185 Å². The van der Waals surface area contributed by atoms with Gasteiger partial charge < -0.3 is 32.3 Å². The van der Waals surface area contributed by atoms with Gasteiger partial charge in [0, 0.05) is 12.8 Å². The maximum Gasteiger partial charge on any atom is 0.326 e. The zero-order valence-corrected chi connectivity index (χ0v) is 14.8. The van der Waals surface area contributed by atoms with E-state index in [2.05, 4.69) is 10.6 Å². The van der Waals surface area contributed by atoms with Crippen LogP contribution in [0.3, 0.4) is 0 Å². The molecule has 27 heavy (non-hydrogen) atoms. The van der Waals surface area contributed by atoms with Crippen LogP contribution >= 0.6 is 0 Å². The molecule has 0 aliphatic carbocycles. The summed E-state index contributed by atoms with van der Waals surface area (Å²) in [5.74, 6) is -3.31. The molecule has 0 aromatic heterocycles. The number of phenolic OH excluding ortho intramolecular Hbond substituents is 1. The molecule has 1 aromatic carbocycles. The average molecular weight is 380 g/mol. The summed E-state index contributed by atoms with van der Waals surface area (Å²) < 4.78 is 0. The molecular weight excluding hydrogens is 356 g/mol. The van der Waals surface area contributed by atoms with Gasteiger partial charge in [0.1, 0.15) is 17.8 Å². The number of benzene rings is 1. The van der Waals surface area contributed by atoms with E-state index in [-0.39, 0.29) is 25.0 Å². The second-order valence-corrected chi connectivity index (χ2v) is 6.12. The van der Waals surface area contributed by atoms with E-state index in [1.807, 2.05) is 0 Å². The predicted molar refractivity (Wildman–Crippen MR) is 95.4 cm³/mol. The molecule has 10 nitrogen and oxygen atoms in total. The van der Waals surface area contributed by atoms with E-state index < -0.39 is 41.8 Å². The Bertz CT molecular complexity index is 689. The Morgan fingerprint density at radius 2 is 1.59 bits per heavy atom. The third kappa shape index (κ3) is 7.74. The number of phenols is 1. The lowest BCUT2D eigenvalue weighted by atomic mass is 10.0. The van der Waals surface area contributed by atoms with Crippen molar-refractivity contribution in [2.75, 3.05) is 0 Å². The van der Waals surface area contributed by atoms with Crippen LogP contribution in [0.25, 0.3) is 0 Å². The SMILES string of the molecule is C[C@H](N)C(=O)N[C@@H](Cc1ccc(O)cc1)C(=O)N[C@@H](CCC(N)=O)C(=O)O. The standard InChI is InChI=1S/C17H24N4O6/c1-9(18)15(24)21-13(8-10-2-4-11(22)5-3-10)16(25)20-12(17(26)27)6-7-14(19)23/h2-5,9,12-13,22H,6-8,18H2,1H3,(H2,19,23)(H,20,25)(H,21,24)(H,26,27)/t9-,12-,13-/m0/s1. The van der Waals surface area contributed by atoms with Gasteiger partial charge in [-0.25, -0.2) is 4.79 Å². The van der Waals surface area contributed by atoms with E-state index in [1.54, 1.807) is 12.1 Å². The molecule has 0 unspecified atom stereocenters. The molecule has 0 fully saturated rings. The summed E-state index contributed by atoms with van der Waals surface area (Å²) in [4.78, 5) is 46.6. The zero-order valence-electron chi connectivity index (χ0n) is 14.8. The summed E-state index contributed by atoms with van der Waals surface area (Å²) in [5.41, 5.74) is 11.1. The Morgan fingerprint density at radius 3 is 2.07 bits per heavy atom. The van der Waals surface area contributed by atoms with E-state index in [1.165, 1.54) is 19.1 Å². The highest BCUT2D eigenvalue weighted by molar-refractivity contribution is 5.92. The van der Waals surface area contributed by atoms with Crippen LogP contribution in [0.5, 0.6) is 5.75 Å². The first-order chi connectivity index (χ1) is 12.6. The highest BCUT2D eigenvalue weighted by Crippen LogP contribution is 2.12. The summed E-state index contributed by atoms with van der Waals surface area (Å²) in [7, 11) is 0. The van der Waals surface area contributed by atoms with Gasteiger partial charge in [-0.2, -0.15) is 0 Å². The number of carboxylic acid groups (broad SMARTS) is 1. The number of carbonyl (C=O) groups is 4. The first-order valence-electron chi connectivity index (χ1n) is 8.25. The van der Waals surface area contributed by atoms with Crippen molar-refractivity contribution in [2.24, 2.45) is 11.5 Å². The first kappa shape index (κ1) is 21.9. The Morgan fingerprint density at radius 1 is 1.04 bits per heavy atom. The van der Waals surface area contributed by atoms with E-state index in [9.17, 15) is 29.4 Å². The fraction of sp³-hybridized carbons (Fsp3) is 0.412. The number of aromatic hydroxyl groups is 1. The van der Waals surface area contributed by atoms with Crippen LogP contribution in [0.4, 0.5) is 0 Å². The minimum Gasteiger partial charge on any atom is -0.508 e. The third-order valence-corrected chi connectivity index (χ3v) is 3.72. The molecule has 3 amide bonds. The van der Waals surface area contributed by atoms with Gasteiger partial charge in [0.15, 0.2) is 0 Å². The normalized spacial score (nSPS) is 13.9. The van der Waals surface area contributed by atoms with E-state index in [0.717, 1.165) is 0 Å². The molecule has 0 spiro atoms. The van der Waals surface area contributed by atoms with Gasteiger partial charge >= 0.3 is 5.97 Å². The minimum atomic E-state index is -1.33. The lowest BCUT2D eigenvalue weighted by Crippen LogP contribution is -2.54. The highest BCUT2D eigenvalue weighted by Gasteiger charge is 2.27. The van der Waals surface area contributed by atoms with E-state index >= 15 is 0 Å². The van der Waals surface area contributed by atoms with Crippen molar-refractivity contribution in [1.29, 1.82) is 0 Å². The fourth-order valence-corrected chi connectivity index (χ4v) is 2.20. The number of aliphatic carboxylic acids is 1. The zero-order chi connectivity index (χ0) is 20.6. The molecule has 0 aliphatic heterocycles. The second kappa shape index (κ2) is 10.1. The maximum atomic E-state index is 12.5. The molecule has 1 aromatic rings. The van der Waals surface area contributed by atoms with Crippen molar-refractivity contribution < 1.29 is 29.4 Å². The van der Waals surface area contributed by atoms with Crippen LogP contribution < -0.4 is 22.1 Å². The van der Waals surface area contributed by atoms with Crippen molar-refractivity contribution in [2.45, 2.75) is 44.3 Å². The van der Waals surface area contributed by atoms with E-state index in [0.29, 0.717) is 5.56 Å². The number of amides is 3. The lowest BCUT2D eigenvalue weighted by Gasteiger charge is -2.22. The van der Waals surface area contributed by atoms with Crippen molar-refractivity contribution in [1.82, 2.24) is 10.6 Å². The van der Waals surface area contributed by atoms with Gasteiger partial charge in [-0.05, 0) is 31.0 Å². The van der Waals surface area contributed by atoms with Crippen molar-refractivity contribution in [3.63, 3.8) is 0 Å². The molecule has 3 atom stereocenters. The summed E-state index contributed by atoms with van der Waals surface area (Å²) >= 11 is 0. The molecule has 0 aliphatic rings. The molecule has 1 rings (SSSR count). The van der Waals surface area contributed by atoms with Crippen LogP contribution in [0, 0.1) is 0 Å². The summed E-state index contributed by atoms with van der Waals surface area (Å²) in [5, 5.41) is 23.3. The van der Waals surface area contributed by atoms with Gasteiger partial charge in [0.05, 0.1) is 6.04 Å². The first-order valence-corrected chi connectivity index (χ1v) is 8.25. The van der Waals surface area contributed by atoms with E-state index in [4.69, 9.17) is 11.5 Å². The van der Waals surface area contributed by atoms with Crippen molar-refractivity contribution >= 4 is 23.7 Å². The number of carbonyl (C=O) groups excluding carboxylic acids is 3. The Kier molecular flexibility index (Phi) is 8.21. The maximum absolute atomic E-state index is 12.5. The van der Waals surface area contributed by atoms with Gasteiger partial charge in [-0.1, -0.05) is 12.1 Å². The van der Waals surface area contributed by atoms with Crippen LogP contribution in [0.1, 0.15) is 25.3 Å². The minimum absolute atomic E-state index is 0.0387.